The Morgan fingerprint density at radius 1 is 0.917 bits per heavy atom. The first-order valence-corrected chi connectivity index (χ1v) is 11.0. The lowest BCUT2D eigenvalue weighted by Crippen LogP contribution is -2.12. The first-order valence-electron chi connectivity index (χ1n) is 11.0. The van der Waals surface area contributed by atoms with Crippen LogP contribution < -0.4 is 0 Å². The molecule has 3 aromatic carbocycles. The van der Waals surface area contributed by atoms with Crippen molar-refractivity contribution >= 4 is 28.9 Å². The van der Waals surface area contributed by atoms with Crippen LogP contribution in [0.1, 0.15) is 43.1 Å². The van der Waals surface area contributed by atoms with Crippen LogP contribution in [0.5, 0.6) is 0 Å². The van der Waals surface area contributed by atoms with Gasteiger partial charge in [-0.05, 0) is 36.6 Å². The van der Waals surface area contributed by atoms with Gasteiger partial charge in [0, 0.05) is 23.4 Å². The van der Waals surface area contributed by atoms with Gasteiger partial charge in [-0.15, -0.1) is 10.2 Å². The quantitative estimate of drug-likeness (QED) is 0.104. The Kier molecular flexibility index (Phi) is 7.10. The van der Waals surface area contributed by atoms with Gasteiger partial charge in [-0.3, -0.25) is 14.9 Å². The van der Waals surface area contributed by atoms with E-state index < -0.39 is 16.7 Å². The predicted molar refractivity (Wildman–Crippen MR) is 133 cm³/mol. The van der Waals surface area contributed by atoms with Gasteiger partial charge >= 0.3 is 5.97 Å². The summed E-state index contributed by atoms with van der Waals surface area (Å²) in [6.45, 7) is 1.64. The lowest BCUT2D eigenvalue weighted by molar-refractivity contribution is -0.384. The third-order valence-corrected chi connectivity index (χ3v) is 5.61. The lowest BCUT2D eigenvalue weighted by Gasteiger charge is -2.10. The van der Waals surface area contributed by atoms with Gasteiger partial charge in [-0.2, -0.15) is 0 Å². The summed E-state index contributed by atoms with van der Waals surface area (Å²) >= 11 is 0. The molecule has 9 heteroatoms. The number of aryl methyl sites for hydroxylation is 1. The summed E-state index contributed by atoms with van der Waals surface area (Å²) in [6, 6.07) is 22.4. The lowest BCUT2D eigenvalue weighted by atomic mass is 9.93. The molecule has 0 atom stereocenters. The second-order valence-corrected chi connectivity index (χ2v) is 7.96. The van der Waals surface area contributed by atoms with Crippen LogP contribution >= 0.6 is 0 Å². The molecule has 9 nitrogen and oxygen atoms in total. The van der Waals surface area contributed by atoms with Crippen molar-refractivity contribution in [3.05, 3.63) is 122 Å². The number of nitrogens with one attached hydrogen (secondary N) is 1. The van der Waals surface area contributed by atoms with Crippen LogP contribution in [0.15, 0.2) is 89.1 Å². The molecule has 0 unspecified atom stereocenters. The minimum atomic E-state index is -0.676. The van der Waals surface area contributed by atoms with E-state index in [0.717, 1.165) is 11.1 Å². The molecular formula is C27H22N4O5. The Morgan fingerprint density at radius 2 is 1.58 bits per heavy atom. The molecule has 1 aromatic heterocycles. The highest BCUT2D eigenvalue weighted by Gasteiger charge is 2.29. The van der Waals surface area contributed by atoms with Crippen LogP contribution in [-0.2, 0) is 11.2 Å². The van der Waals surface area contributed by atoms with Crippen LogP contribution in [0.4, 0.5) is 17.2 Å². The first-order chi connectivity index (χ1) is 17.4. The molecule has 1 N–H and O–H groups in total. The molecule has 0 amide bonds. The third kappa shape index (κ3) is 5.10. The Balaban J connectivity index is 1.77. The van der Waals surface area contributed by atoms with E-state index in [4.69, 9.17) is 4.74 Å². The number of hydrogen-bond donors (Lipinski definition) is 1. The first kappa shape index (κ1) is 24.2. The van der Waals surface area contributed by atoms with Crippen LogP contribution in [0.25, 0.3) is 0 Å². The second-order valence-electron chi connectivity index (χ2n) is 7.96. The smallest absolute Gasteiger partial charge is 0.340 e. The molecule has 0 aliphatic heterocycles. The molecule has 1 heterocycles. The molecule has 0 spiro atoms. The van der Waals surface area contributed by atoms with Gasteiger partial charge in [0.25, 0.3) is 5.69 Å². The van der Waals surface area contributed by atoms with E-state index in [0.29, 0.717) is 23.4 Å². The van der Waals surface area contributed by atoms with Crippen molar-refractivity contribution in [1.29, 1.82) is 0 Å². The number of aromatic nitrogens is 1. The Morgan fingerprint density at radius 3 is 2.25 bits per heavy atom. The number of nitrogens with zero attached hydrogens (tertiary/aromatic N) is 3. The summed E-state index contributed by atoms with van der Waals surface area (Å²) in [6.07, 6.45) is 0.527. The van der Waals surface area contributed by atoms with Gasteiger partial charge in [0.2, 0.25) is 0 Å². The average Bonchev–Trinajstić information content (AvgIpc) is 3.23. The van der Waals surface area contributed by atoms with Crippen molar-refractivity contribution in [2.24, 2.45) is 10.2 Å². The number of esters is 1. The number of ketones is 1. The van der Waals surface area contributed by atoms with E-state index in [1.807, 2.05) is 42.5 Å². The number of non-ortho nitro benzene ring substituents is 1. The van der Waals surface area contributed by atoms with Crippen molar-refractivity contribution in [1.82, 2.24) is 4.98 Å². The van der Waals surface area contributed by atoms with Gasteiger partial charge in [-0.1, -0.05) is 54.6 Å². The molecule has 0 saturated heterocycles. The summed E-state index contributed by atoms with van der Waals surface area (Å²) in [5.74, 6) is -0.987. The minimum absolute atomic E-state index is 0.0468. The van der Waals surface area contributed by atoms with Gasteiger partial charge in [-0.25, -0.2) is 4.79 Å². The molecule has 0 radical (unpaired) electrons. The number of ether oxygens (including phenoxy) is 1. The van der Waals surface area contributed by atoms with E-state index in [-0.39, 0.29) is 22.6 Å². The van der Waals surface area contributed by atoms with E-state index in [1.165, 1.54) is 31.4 Å². The Bertz CT molecular complexity index is 1460. The maximum atomic E-state index is 13.9. The third-order valence-electron chi connectivity index (χ3n) is 5.61. The molecule has 0 aliphatic carbocycles. The van der Waals surface area contributed by atoms with E-state index >= 15 is 0 Å². The number of azo groups is 1. The Hall–Kier alpha value is -4.92. The van der Waals surface area contributed by atoms with Crippen LogP contribution in [-0.4, -0.2) is 28.8 Å². The zero-order valence-electron chi connectivity index (χ0n) is 19.6. The minimum Gasteiger partial charge on any atom is -0.465 e. The van der Waals surface area contributed by atoms with Crippen LogP contribution in [0.3, 0.4) is 0 Å². The highest BCUT2D eigenvalue weighted by Crippen LogP contribution is 2.32. The number of methoxy groups -OCH3 is 1. The van der Waals surface area contributed by atoms with Crippen molar-refractivity contribution in [2.75, 3.05) is 7.11 Å². The number of benzene rings is 3. The molecule has 0 fully saturated rings. The Labute approximate surface area is 206 Å². The molecular weight excluding hydrogens is 460 g/mol. The SMILES string of the molecule is COC(=O)c1c(C)[nH]c(N=Nc2ccc([N+](=O)[O-])cc2)c1C(=O)c1ccccc1Cc1ccccc1. The monoisotopic (exact) mass is 482 g/mol. The van der Waals surface area contributed by atoms with E-state index in [2.05, 4.69) is 15.2 Å². The number of carbonyl (C=O) groups is 2. The number of aromatic amines is 1. The predicted octanol–water partition coefficient (Wildman–Crippen LogP) is 6.26. The molecule has 0 bridgehead atoms. The number of carbonyl (C=O) groups excluding carboxylic acids is 2. The van der Waals surface area contributed by atoms with Crippen LogP contribution in [0.2, 0.25) is 0 Å². The molecule has 0 saturated carbocycles. The number of nitro groups is 1. The maximum absolute atomic E-state index is 13.9. The van der Waals surface area contributed by atoms with Gasteiger partial charge in [0.15, 0.2) is 11.6 Å². The number of nitro benzene ring substituents is 1. The molecule has 4 aromatic rings. The number of hydrogen-bond acceptors (Lipinski definition) is 7. The van der Waals surface area contributed by atoms with Gasteiger partial charge < -0.3 is 9.72 Å². The largest absolute Gasteiger partial charge is 0.465 e. The highest BCUT2D eigenvalue weighted by atomic mass is 16.6. The topological polar surface area (TPSA) is 127 Å². The number of H-pyrrole nitrogens is 1. The van der Waals surface area contributed by atoms with Crippen molar-refractivity contribution < 1.29 is 19.2 Å². The normalized spacial score (nSPS) is 10.9. The average molecular weight is 482 g/mol. The second kappa shape index (κ2) is 10.6. The fourth-order valence-electron chi connectivity index (χ4n) is 3.86. The fourth-order valence-corrected chi connectivity index (χ4v) is 3.86. The summed E-state index contributed by atoms with van der Waals surface area (Å²) in [5.41, 5.74) is 3.05. The van der Waals surface area contributed by atoms with Crippen molar-refractivity contribution in [3.63, 3.8) is 0 Å². The highest BCUT2D eigenvalue weighted by molar-refractivity contribution is 6.18. The fraction of sp³-hybridized carbons (Fsp3) is 0.111. The van der Waals surface area contributed by atoms with Crippen molar-refractivity contribution in [3.8, 4) is 0 Å². The summed E-state index contributed by atoms with van der Waals surface area (Å²) in [4.78, 5) is 39.8. The molecule has 0 aliphatic rings. The van der Waals surface area contributed by atoms with Gasteiger partial charge in [0.1, 0.15) is 0 Å². The molecule has 36 heavy (non-hydrogen) atoms. The van der Waals surface area contributed by atoms with Crippen LogP contribution in [0, 0.1) is 17.0 Å². The zero-order chi connectivity index (χ0) is 25.7. The molecule has 4 rings (SSSR count). The van der Waals surface area contributed by atoms with Crippen molar-refractivity contribution in [2.45, 2.75) is 13.3 Å². The zero-order valence-corrected chi connectivity index (χ0v) is 19.6. The van der Waals surface area contributed by atoms with E-state index in [9.17, 15) is 19.7 Å². The van der Waals surface area contributed by atoms with Gasteiger partial charge in [0.05, 0.1) is 28.8 Å². The number of rotatable bonds is 8. The standard InChI is InChI=1S/C27H22N4O5/c1-17-23(27(33)36-2)24(26(28-17)30-29-20-12-14-21(15-13-20)31(34)35)25(32)22-11-7-6-10-19(22)16-18-8-4-3-5-9-18/h3-15,28H,16H2,1-2H3. The maximum Gasteiger partial charge on any atom is 0.340 e. The summed E-state index contributed by atoms with van der Waals surface area (Å²) < 4.78 is 4.93. The van der Waals surface area contributed by atoms with E-state index in [1.54, 1.807) is 19.1 Å². The summed E-state index contributed by atoms with van der Waals surface area (Å²) in [7, 11) is 1.24. The molecule has 180 valence electrons. The summed E-state index contributed by atoms with van der Waals surface area (Å²) in [5, 5.41) is 19.2.